The lowest BCUT2D eigenvalue weighted by atomic mass is 10.2. The normalized spacial score (nSPS) is 12.4. The molecule has 4 nitrogen and oxygen atoms in total. The zero-order valence-corrected chi connectivity index (χ0v) is 14.9. The van der Waals surface area contributed by atoms with Crippen LogP contribution in [0.5, 0.6) is 5.75 Å². The van der Waals surface area contributed by atoms with Crippen LogP contribution in [0.3, 0.4) is 0 Å². The fraction of sp³-hybridized carbons (Fsp3) is 0.250. The summed E-state index contributed by atoms with van der Waals surface area (Å²) in [6, 6.07) is 9.14. The van der Waals surface area contributed by atoms with Crippen LogP contribution in [0.4, 0.5) is 13.2 Å². The van der Waals surface area contributed by atoms with Crippen molar-refractivity contribution in [1.29, 1.82) is 0 Å². The Morgan fingerprint density at radius 2 is 1.72 bits per heavy atom. The lowest BCUT2D eigenvalue weighted by molar-refractivity contribution is -0.139. The third-order valence-corrected chi connectivity index (χ3v) is 5.60. The summed E-state index contributed by atoms with van der Waals surface area (Å²) in [5.74, 6) is 0.589. The van der Waals surface area contributed by atoms with Crippen LogP contribution in [0.15, 0.2) is 47.4 Å². The van der Waals surface area contributed by atoms with E-state index in [1.165, 1.54) is 14.2 Å². The standard InChI is InChI=1S/C16H15ClF3NO3S/c1-21(10-11-3-6-13(24-2)7-4-11)25(22,23)15-8-5-12(17)9-14(15)16(18,19)20/h3-9H,10H2,1-2H3. The summed E-state index contributed by atoms with van der Waals surface area (Å²) in [6.07, 6.45) is -4.84. The van der Waals surface area contributed by atoms with Crippen molar-refractivity contribution in [2.24, 2.45) is 0 Å². The molecule has 9 heteroatoms. The third kappa shape index (κ3) is 4.45. The minimum atomic E-state index is -4.84. The molecule has 0 atom stereocenters. The van der Waals surface area contributed by atoms with E-state index >= 15 is 0 Å². The maximum absolute atomic E-state index is 13.2. The number of hydrogen-bond acceptors (Lipinski definition) is 3. The molecule has 0 aliphatic rings. The summed E-state index contributed by atoms with van der Waals surface area (Å²) < 4.78 is 70.6. The predicted octanol–water partition coefficient (Wildman–Crippen LogP) is 4.19. The molecule has 0 bridgehead atoms. The van der Waals surface area contributed by atoms with Crippen molar-refractivity contribution in [2.75, 3.05) is 14.2 Å². The fourth-order valence-corrected chi connectivity index (χ4v) is 3.71. The van der Waals surface area contributed by atoms with Gasteiger partial charge in [0.25, 0.3) is 0 Å². The number of ether oxygens (including phenoxy) is 1. The first kappa shape index (κ1) is 19.6. The predicted molar refractivity (Wildman–Crippen MR) is 88.1 cm³/mol. The van der Waals surface area contributed by atoms with Crippen LogP contribution < -0.4 is 4.74 Å². The molecular formula is C16H15ClF3NO3S. The minimum Gasteiger partial charge on any atom is -0.497 e. The monoisotopic (exact) mass is 393 g/mol. The molecule has 0 unspecified atom stereocenters. The van der Waals surface area contributed by atoms with E-state index in [-0.39, 0.29) is 11.6 Å². The molecule has 0 heterocycles. The fourth-order valence-electron chi connectivity index (χ4n) is 2.19. The maximum atomic E-state index is 13.2. The lowest BCUT2D eigenvalue weighted by Gasteiger charge is -2.20. The van der Waals surface area contributed by atoms with Crippen LogP contribution in [0.2, 0.25) is 5.02 Å². The van der Waals surface area contributed by atoms with Crippen molar-refractivity contribution in [3.05, 3.63) is 58.6 Å². The van der Waals surface area contributed by atoms with Crippen LogP contribution >= 0.6 is 11.6 Å². The third-order valence-electron chi connectivity index (χ3n) is 3.50. The number of hydrogen-bond donors (Lipinski definition) is 0. The van der Waals surface area contributed by atoms with Gasteiger partial charge in [-0.15, -0.1) is 0 Å². The van der Waals surface area contributed by atoms with Crippen LogP contribution in [0.1, 0.15) is 11.1 Å². The summed E-state index contributed by atoms with van der Waals surface area (Å²) in [7, 11) is -1.65. The van der Waals surface area contributed by atoms with Gasteiger partial charge in [-0.25, -0.2) is 8.42 Å². The van der Waals surface area contributed by atoms with Gasteiger partial charge in [0.15, 0.2) is 0 Å². The van der Waals surface area contributed by atoms with E-state index in [1.54, 1.807) is 24.3 Å². The van der Waals surface area contributed by atoms with Crippen molar-refractivity contribution >= 4 is 21.6 Å². The van der Waals surface area contributed by atoms with Gasteiger partial charge in [0.1, 0.15) is 5.75 Å². The Morgan fingerprint density at radius 3 is 2.24 bits per heavy atom. The number of alkyl halides is 3. The summed E-state index contributed by atoms with van der Waals surface area (Å²) in [4.78, 5) is -0.833. The number of halogens is 4. The molecule has 0 N–H and O–H groups in total. The highest BCUT2D eigenvalue weighted by Gasteiger charge is 2.38. The van der Waals surface area contributed by atoms with Crippen LogP contribution in [-0.4, -0.2) is 26.9 Å². The molecule has 0 radical (unpaired) electrons. The Labute approximate surface area is 148 Å². The average molecular weight is 394 g/mol. The number of methoxy groups -OCH3 is 1. The van der Waals surface area contributed by atoms with Crippen molar-refractivity contribution < 1.29 is 26.3 Å². The van der Waals surface area contributed by atoms with E-state index < -0.39 is 26.7 Å². The van der Waals surface area contributed by atoms with Crippen molar-refractivity contribution in [2.45, 2.75) is 17.6 Å². The molecule has 25 heavy (non-hydrogen) atoms. The molecule has 0 saturated heterocycles. The van der Waals surface area contributed by atoms with Gasteiger partial charge >= 0.3 is 6.18 Å². The highest BCUT2D eigenvalue weighted by atomic mass is 35.5. The number of nitrogens with zero attached hydrogens (tertiary/aromatic N) is 1. The van der Waals surface area contributed by atoms with Gasteiger partial charge in [0, 0.05) is 18.6 Å². The second-order valence-corrected chi connectivity index (χ2v) is 7.70. The molecule has 0 aliphatic heterocycles. The Bertz CT molecular complexity index is 852. The highest BCUT2D eigenvalue weighted by molar-refractivity contribution is 7.89. The molecule has 0 aromatic heterocycles. The van der Waals surface area contributed by atoms with Crippen LogP contribution in [0.25, 0.3) is 0 Å². The first-order chi connectivity index (χ1) is 11.6. The molecule has 2 rings (SSSR count). The van der Waals surface area contributed by atoms with Gasteiger partial charge in [-0.3, -0.25) is 0 Å². The molecule has 136 valence electrons. The van der Waals surface area contributed by atoms with E-state index in [4.69, 9.17) is 16.3 Å². The summed E-state index contributed by atoms with van der Waals surface area (Å²) in [5.41, 5.74) is -0.684. The zero-order valence-electron chi connectivity index (χ0n) is 13.3. The van der Waals surface area contributed by atoms with E-state index in [1.807, 2.05) is 0 Å². The Hall–Kier alpha value is -1.77. The summed E-state index contributed by atoms with van der Waals surface area (Å²) in [5, 5.41) is -0.191. The van der Waals surface area contributed by atoms with Gasteiger partial charge < -0.3 is 4.74 Å². The van der Waals surface area contributed by atoms with E-state index in [0.29, 0.717) is 17.4 Å². The van der Waals surface area contributed by atoms with Crippen LogP contribution in [0, 0.1) is 0 Å². The number of sulfonamides is 1. The Balaban J connectivity index is 2.37. The van der Waals surface area contributed by atoms with Gasteiger partial charge in [0.2, 0.25) is 10.0 Å². The Kier molecular flexibility index (Phi) is 5.65. The summed E-state index contributed by atoms with van der Waals surface area (Å²) >= 11 is 5.59. The topological polar surface area (TPSA) is 46.6 Å². The van der Waals surface area contributed by atoms with E-state index in [2.05, 4.69) is 0 Å². The maximum Gasteiger partial charge on any atom is 0.417 e. The van der Waals surface area contributed by atoms with Gasteiger partial charge in [-0.05, 0) is 35.9 Å². The smallest absolute Gasteiger partial charge is 0.417 e. The van der Waals surface area contributed by atoms with Gasteiger partial charge in [-0.1, -0.05) is 23.7 Å². The second kappa shape index (κ2) is 7.23. The largest absolute Gasteiger partial charge is 0.497 e. The quantitative estimate of drug-likeness (QED) is 0.765. The first-order valence-electron chi connectivity index (χ1n) is 7.01. The molecule has 0 aliphatic carbocycles. The lowest BCUT2D eigenvalue weighted by Crippen LogP contribution is -2.28. The first-order valence-corrected chi connectivity index (χ1v) is 8.83. The number of benzene rings is 2. The van der Waals surface area contributed by atoms with Crippen molar-refractivity contribution in [3.63, 3.8) is 0 Å². The van der Waals surface area contributed by atoms with E-state index in [0.717, 1.165) is 16.4 Å². The van der Waals surface area contributed by atoms with Crippen LogP contribution in [-0.2, 0) is 22.7 Å². The van der Waals surface area contributed by atoms with Crippen molar-refractivity contribution in [3.8, 4) is 5.75 Å². The molecule has 0 fully saturated rings. The molecule has 0 saturated carbocycles. The SMILES string of the molecule is COc1ccc(CN(C)S(=O)(=O)c2ccc(Cl)cc2C(F)(F)F)cc1. The highest BCUT2D eigenvalue weighted by Crippen LogP contribution is 2.37. The summed E-state index contributed by atoms with van der Waals surface area (Å²) in [6.45, 7) is -0.0910. The van der Waals surface area contributed by atoms with Gasteiger partial charge in [-0.2, -0.15) is 17.5 Å². The molecule has 0 spiro atoms. The zero-order chi connectivity index (χ0) is 18.8. The average Bonchev–Trinajstić information content (AvgIpc) is 2.54. The second-order valence-electron chi connectivity index (χ2n) is 5.25. The number of rotatable bonds is 5. The van der Waals surface area contributed by atoms with Gasteiger partial charge in [0.05, 0.1) is 17.6 Å². The van der Waals surface area contributed by atoms with Crippen molar-refractivity contribution in [1.82, 2.24) is 4.31 Å². The molecule has 2 aromatic carbocycles. The molecular weight excluding hydrogens is 379 g/mol. The Morgan fingerprint density at radius 1 is 1.12 bits per heavy atom. The molecule has 0 amide bonds. The van der Waals surface area contributed by atoms with E-state index in [9.17, 15) is 21.6 Å². The molecule has 2 aromatic rings. The minimum absolute atomic E-state index is 0.0910.